The van der Waals surface area contributed by atoms with Crippen LogP contribution in [0.15, 0.2) is 237 Å². The predicted octanol–water partition coefficient (Wildman–Crippen LogP) is 16.4. The Morgan fingerprint density at radius 3 is 1.79 bits per heavy atom. The molecule has 0 N–H and O–H groups in total. The van der Waals surface area contributed by atoms with Gasteiger partial charge < -0.3 is 4.90 Å². The minimum atomic E-state index is -0.504. The van der Waals surface area contributed by atoms with Gasteiger partial charge in [0.1, 0.15) is 0 Å². The second-order valence-corrected chi connectivity index (χ2v) is 17.1. The average molecular weight is 794 g/mol. The van der Waals surface area contributed by atoms with Gasteiger partial charge in [0.2, 0.25) is 0 Å². The highest BCUT2D eigenvalue weighted by Gasteiger charge is 2.47. The molecule has 0 saturated carbocycles. The molecule has 1 aliphatic carbocycles. The van der Waals surface area contributed by atoms with E-state index in [4.69, 9.17) is 0 Å². The lowest BCUT2D eigenvalue weighted by Gasteiger charge is -2.34. The van der Waals surface area contributed by atoms with Crippen LogP contribution in [0.1, 0.15) is 22.3 Å². The van der Waals surface area contributed by atoms with E-state index in [0.29, 0.717) is 0 Å². The molecule has 0 amide bonds. The Kier molecular flexibility index (Phi) is 8.33. The van der Waals surface area contributed by atoms with Crippen LogP contribution in [-0.2, 0) is 5.41 Å². The molecular formula is C59H39NS. The Balaban J connectivity index is 1.09. The van der Waals surface area contributed by atoms with E-state index >= 15 is 0 Å². The van der Waals surface area contributed by atoms with E-state index in [1.54, 1.807) is 0 Å². The van der Waals surface area contributed by atoms with Crippen LogP contribution in [0.25, 0.3) is 64.3 Å². The van der Waals surface area contributed by atoms with Gasteiger partial charge in [0.25, 0.3) is 0 Å². The summed E-state index contributed by atoms with van der Waals surface area (Å²) >= 11 is 1.88. The summed E-state index contributed by atoms with van der Waals surface area (Å²) in [4.78, 5) is 2.48. The topological polar surface area (TPSA) is 3.24 Å². The lowest BCUT2D eigenvalue weighted by molar-refractivity contribution is 0.768. The molecule has 1 aliphatic rings. The van der Waals surface area contributed by atoms with Crippen molar-refractivity contribution in [1.29, 1.82) is 0 Å². The third kappa shape index (κ3) is 5.60. The Labute approximate surface area is 360 Å². The Morgan fingerprint density at radius 2 is 0.967 bits per heavy atom. The summed E-state index contributed by atoms with van der Waals surface area (Å²) in [5, 5.41) is 5.11. The zero-order valence-electron chi connectivity index (χ0n) is 33.4. The molecule has 0 fully saturated rings. The number of fused-ring (bicyclic) bond motifs is 7. The first-order chi connectivity index (χ1) is 30.3. The molecule has 1 aromatic heterocycles. The fourth-order valence-electron chi connectivity index (χ4n) is 10.0. The molecule has 0 bridgehead atoms. The number of anilines is 3. The smallest absolute Gasteiger partial charge is 0.0714 e. The zero-order chi connectivity index (χ0) is 40.3. The summed E-state index contributed by atoms with van der Waals surface area (Å²) < 4.78 is 2.64. The normalized spacial score (nSPS) is 12.7. The molecule has 0 spiro atoms. The van der Waals surface area contributed by atoms with Crippen molar-refractivity contribution in [3.63, 3.8) is 0 Å². The van der Waals surface area contributed by atoms with E-state index < -0.39 is 5.41 Å². The first-order valence-corrected chi connectivity index (χ1v) is 21.8. The molecule has 0 aliphatic heterocycles. The maximum absolute atomic E-state index is 2.48. The molecule has 0 saturated heterocycles. The molecule has 1 nitrogen and oxygen atoms in total. The highest BCUT2D eigenvalue weighted by atomic mass is 32.1. The molecule has 0 atom stereocenters. The third-order valence-electron chi connectivity index (χ3n) is 12.7. The third-order valence-corrected chi connectivity index (χ3v) is 13.9. The van der Waals surface area contributed by atoms with Crippen molar-refractivity contribution >= 4 is 59.3 Å². The van der Waals surface area contributed by atoms with Crippen molar-refractivity contribution in [2.24, 2.45) is 0 Å². The van der Waals surface area contributed by atoms with Crippen molar-refractivity contribution in [1.82, 2.24) is 0 Å². The van der Waals surface area contributed by atoms with Gasteiger partial charge in [-0.1, -0.05) is 194 Å². The molecule has 1 heterocycles. The van der Waals surface area contributed by atoms with Crippen molar-refractivity contribution in [3.8, 4) is 33.4 Å². The van der Waals surface area contributed by atoms with E-state index in [9.17, 15) is 0 Å². The van der Waals surface area contributed by atoms with E-state index in [1.807, 2.05) is 11.3 Å². The molecule has 286 valence electrons. The van der Waals surface area contributed by atoms with Gasteiger partial charge in [-0.2, -0.15) is 0 Å². The van der Waals surface area contributed by atoms with Gasteiger partial charge in [-0.25, -0.2) is 0 Å². The fourth-order valence-corrected chi connectivity index (χ4v) is 11.3. The van der Waals surface area contributed by atoms with Crippen LogP contribution in [-0.4, -0.2) is 0 Å². The van der Waals surface area contributed by atoms with Crippen LogP contribution in [0.3, 0.4) is 0 Å². The Bertz CT molecular complexity index is 3380. The van der Waals surface area contributed by atoms with Gasteiger partial charge in [0.15, 0.2) is 0 Å². The van der Waals surface area contributed by atoms with Gasteiger partial charge in [0.05, 0.1) is 11.1 Å². The molecule has 11 aromatic rings. The number of benzene rings is 10. The quantitative estimate of drug-likeness (QED) is 0.155. The fraction of sp³-hybridized carbons (Fsp3) is 0.0169. The number of rotatable bonds is 7. The van der Waals surface area contributed by atoms with Crippen LogP contribution in [0, 0.1) is 0 Å². The van der Waals surface area contributed by atoms with Gasteiger partial charge in [0, 0.05) is 37.1 Å². The SMILES string of the molecule is c1ccc(C2(c3ccccc3)c3ccccc3-c3c(N(c4ccc(-c5cccc6c5sc5ccccc56)cc4)c4cccc(-c5ccc6ccccc6c5)c4)cccc32)cc1. The lowest BCUT2D eigenvalue weighted by atomic mass is 9.68. The van der Waals surface area contributed by atoms with Crippen molar-refractivity contribution in [3.05, 3.63) is 259 Å². The molecule has 10 aromatic carbocycles. The van der Waals surface area contributed by atoms with Crippen molar-refractivity contribution < 1.29 is 0 Å². The molecule has 0 radical (unpaired) electrons. The largest absolute Gasteiger partial charge is 0.310 e. The maximum atomic E-state index is 2.48. The maximum Gasteiger partial charge on any atom is 0.0714 e. The first-order valence-electron chi connectivity index (χ1n) is 21.0. The van der Waals surface area contributed by atoms with Crippen molar-refractivity contribution in [2.45, 2.75) is 5.41 Å². The zero-order valence-corrected chi connectivity index (χ0v) is 34.2. The van der Waals surface area contributed by atoms with Gasteiger partial charge in [-0.3, -0.25) is 0 Å². The van der Waals surface area contributed by atoms with Crippen LogP contribution < -0.4 is 4.90 Å². The van der Waals surface area contributed by atoms with Gasteiger partial charge >= 0.3 is 0 Å². The second kappa shape index (κ2) is 14.3. The monoisotopic (exact) mass is 793 g/mol. The van der Waals surface area contributed by atoms with E-state index in [-0.39, 0.29) is 0 Å². The van der Waals surface area contributed by atoms with E-state index in [1.165, 1.54) is 86.6 Å². The summed E-state index contributed by atoms with van der Waals surface area (Å²) in [6.07, 6.45) is 0. The summed E-state index contributed by atoms with van der Waals surface area (Å²) in [5.74, 6) is 0. The number of nitrogens with zero attached hydrogens (tertiary/aromatic N) is 1. The van der Waals surface area contributed by atoms with Gasteiger partial charge in [-0.15, -0.1) is 11.3 Å². The van der Waals surface area contributed by atoms with Crippen LogP contribution in [0.2, 0.25) is 0 Å². The lowest BCUT2D eigenvalue weighted by Crippen LogP contribution is -2.28. The summed E-state index contributed by atoms with van der Waals surface area (Å²) in [7, 11) is 0. The van der Waals surface area contributed by atoms with Crippen LogP contribution >= 0.6 is 11.3 Å². The first kappa shape index (κ1) is 35.4. The summed E-state index contributed by atoms with van der Waals surface area (Å²) in [6, 6.07) is 87.3. The van der Waals surface area contributed by atoms with E-state index in [0.717, 1.165) is 17.1 Å². The van der Waals surface area contributed by atoms with Crippen molar-refractivity contribution in [2.75, 3.05) is 4.90 Å². The minimum Gasteiger partial charge on any atom is -0.310 e. The molecular weight excluding hydrogens is 755 g/mol. The van der Waals surface area contributed by atoms with Crippen LogP contribution in [0.4, 0.5) is 17.1 Å². The number of hydrogen-bond acceptors (Lipinski definition) is 2. The van der Waals surface area contributed by atoms with Crippen LogP contribution in [0.5, 0.6) is 0 Å². The van der Waals surface area contributed by atoms with E-state index in [2.05, 4.69) is 241 Å². The second-order valence-electron chi connectivity index (χ2n) is 16.0. The Morgan fingerprint density at radius 1 is 0.361 bits per heavy atom. The summed E-state index contributed by atoms with van der Waals surface area (Å²) in [5.41, 5.74) is 15.3. The molecule has 2 heteroatoms. The Hall–Kier alpha value is -7.52. The summed E-state index contributed by atoms with van der Waals surface area (Å²) in [6.45, 7) is 0. The number of thiophene rings is 1. The highest BCUT2D eigenvalue weighted by molar-refractivity contribution is 7.26. The number of hydrogen-bond donors (Lipinski definition) is 0. The highest BCUT2D eigenvalue weighted by Crippen LogP contribution is 2.59. The minimum absolute atomic E-state index is 0.504. The molecule has 12 rings (SSSR count). The standard InChI is InChI=1S/C59H39NS/c1-3-19-45(20-4-1)59(46-21-5-2-6-22-46)53-28-11-9-25-52(53)57-54(59)29-15-30-55(57)60(48-23-13-18-43(39-48)44-33-32-40-16-7-8-17-42(40)38-44)47-36-34-41(35-37-47)49-26-14-27-51-50-24-10-12-31-56(50)61-58(49)51/h1-39H. The average Bonchev–Trinajstić information content (AvgIpc) is 3.87. The molecule has 0 unspecified atom stereocenters. The van der Waals surface area contributed by atoms with Gasteiger partial charge in [-0.05, 0) is 103 Å². The predicted molar refractivity (Wildman–Crippen MR) is 260 cm³/mol. The molecule has 61 heavy (non-hydrogen) atoms.